The normalized spacial score (nSPS) is 12.2. The van der Waals surface area contributed by atoms with Gasteiger partial charge < -0.3 is 15.9 Å². The van der Waals surface area contributed by atoms with Crippen molar-refractivity contribution in [1.82, 2.24) is 0 Å². The van der Waals surface area contributed by atoms with E-state index in [2.05, 4.69) is 10.7 Å². The summed E-state index contributed by atoms with van der Waals surface area (Å²) in [7, 11) is 0. The summed E-state index contributed by atoms with van der Waals surface area (Å²) in [5.41, 5.74) is 4.64. The Kier molecular flexibility index (Phi) is 3.60. The maximum atomic E-state index is 10.1. The Labute approximate surface area is 58.2 Å². The summed E-state index contributed by atoms with van der Waals surface area (Å²) in [4.78, 5) is 13.2. The third-order valence-electron chi connectivity index (χ3n) is 0.914. The first-order valence-corrected chi connectivity index (χ1v) is 2.81. The third-order valence-corrected chi connectivity index (χ3v) is 0.914. The van der Waals surface area contributed by atoms with E-state index in [0.717, 1.165) is 0 Å². The number of hydrogen-bond acceptors (Lipinski definition) is 3. The van der Waals surface area contributed by atoms with Crippen molar-refractivity contribution in [3.63, 3.8) is 0 Å². The molecule has 10 heavy (non-hydrogen) atoms. The van der Waals surface area contributed by atoms with E-state index in [0.29, 0.717) is 6.42 Å². The smallest absolute Gasteiger partial charge is 0.338 e. The number of primary amides is 1. The number of carbonyl (C=O) groups excluding carboxylic acids is 1. The van der Waals surface area contributed by atoms with E-state index in [-0.39, 0.29) is 5.71 Å². The molecule has 0 aromatic carbocycles. The Balaban J connectivity index is 4.18. The average molecular weight is 146 g/mol. The monoisotopic (exact) mass is 146 g/mol. The number of nitrogens with two attached hydrogens (primary N) is 1. The second kappa shape index (κ2) is 3.97. The van der Waals surface area contributed by atoms with Gasteiger partial charge in [0.1, 0.15) is 0 Å². The molecular formula is C5H10N2O3. The fraction of sp³-hybridized carbons (Fsp3) is 0.600. The van der Waals surface area contributed by atoms with Gasteiger partial charge >= 0.3 is 6.03 Å². The van der Waals surface area contributed by atoms with Gasteiger partial charge in [-0.25, -0.2) is 4.79 Å². The molecule has 0 fully saturated rings. The highest BCUT2D eigenvalue weighted by atomic mass is 16.5. The third kappa shape index (κ3) is 3.16. The predicted octanol–water partition coefficient (Wildman–Crippen LogP) is -0.773. The second-order valence-corrected chi connectivity index (χ2v) is 1.67. The van der Waals surface area contributed by atoms with Crippen LogP contribution in [0.15, 0.2) is 4.99 Å². The van der Waals surface area contributed by atoms with Crippen molar-refractivity contribution in [2.75, 3.05) is 0 Å². The molecule has 0 saturated heterocycles. The van der Waals surface area contributed by atoms with E-state index in [1.165, 1.54) is 0 Å². The number of hydrogen-bond donors (Lipinski definition) is 3. The van der Waals surface area contributed by atoms with Gasteiger partial charge in [0.25, 0.3) is 0 Å². The van der Waals surface area contributed by atoms with Crippen molar-refractivity contribution in [2.45, 2.75) is 19.6 Å². The topological polar surface area (TPSA) is 95.9 Å². The van der Waals surface area contributed by atoms with Gasteiger partial charge in [-0.2, -0.15) is 4.99 Å². The molecule has 0 aliphatic rings. The van der Waals surface area contributed by atoms with Crippen LogP contribution in [-0.4, -0.2) is 28.2 Å². The first-order chi connectivity index (χ1) is 4.57. The number of carbonyl (C=O) groups is 1. The Morgan fingerprint density at radius 2 is 2.20 bits per heavy atom. The van der Waals surface area contributed by atoms with Crippen molar-refractivity contribution in [2.24, 2.45) is 10.7 Å². The van der Waals surface area contributed by atoms with Crippen molar-refractivity contribution in [3.05, 3.63) is 0 Å². The molecule has 0 bridgehead atoms. The summed E-state index contributed by atoms with van der Waals surface area (Å²) < 4.78 is 0. The standard InChI is InChI=1S/C5H10N2O3/c1-2-3(4(8)9)7-5(6)10/h4,8-9H,2H2,1H3,(H2,6,10). The summed E-state index contributed by atoms with van der Waals surface area (Å²) in [6.45, 7) is 1.64. The van der Waals surface area contributed by atoms with Crippen LogP contribution in [0.1, 0.15) is 13.3 Å². The van der Waals surface area contributed by atoms with Crippen LogP contribution in [0, 0.1) is 0 Å². The highest BCUT2D eigenvalue weighted by molar-refractivity contribution is 5.96. The first kappa shape index (κ1) is 9.06. The van der Waals surface area contributed by atoms with Gasteiger partial charge in [0.05, 0.1) is 5.71 Å². The van der Waals surface area contributed by atoms with Crippen molar-refractivity contribution in [1.29, 1.82) is 0 Å². The molecule has 2 amide bonds. The van der Waals surface area contributed by atoms with Crippen LogP contribution >= 0.6 is 0 Å². The lowest BCUT2D eigenvalue weighted by molar-refractivity contribution is 0.0181. The number of amides is 2. The second-order valence-electron chi connectivity index (χ2n) is 1.67. The van der Waals surface area contributed by atoms with Crippen molar-refractivity contribution in [3.8, 4) is 0 Å². The predicted molar refractivity (Wildman–Crippen MR) is 35.5 cm³/mol. The lowest BCUT2D eigenvalue weighted by Gasteiger charge is -2.02. The Bertz CT molecular complexity index is 153. The van der Waals surface area contributed by atoms with Gasteiger partial charge in [0.15, 0.2) is 6.29 Å². The maximum Gasteiger partial charge on any atom is 0.338 e. The van der Waals surface area contributed by atoms with Crippen molar-refractivity contribution >= 4 is 11.7 Å². The van der Waals surface area contributed by atoms with Gasteiger partial charge in [-0.1, -0.05) is 6.92 Å². The lowest BCUT2D eigenvalue weighted by Crippen LogP contribution is -2.21. The maximum absolute atomic E-state index is 10.1. The van der Waals surface area contributed by atoms with Crippen molar-refractivity contribution < 1.29 is 15.0 Å². The molecule has 4 N–H and O–H groups in total. The Morgan fingerprint density at radius 1 is 1.70 bits per heavy atom. The summed E-state index contributed by atoms with van der Waals surface area (Å²) in [5, 5.41) is 17.0. The van der Waals surface area contributed by atoms with Crippen LogP contribution in [0.2, 0.25) is 0 Å². The quantitative estimate of drug-likeness (QED) is 0.352. The molecule has 0 aliphatic carbocycles. The van der Waals surface area contributed by atoms with E-state index in [4.69, 9.17) is 10.2 Å². The van der Waals surface area contributed by atoms with E-state index in [1.54, 1.807) is 6.92 Å². The number of aliphatic hydroxyl groups excluding tert-OH is 1. The molecule has 0 spiro atoms. The average Bonchev–Trinajstić information content (AvgIpc) is 1.81. The number of nitrogens with zero attached hydrogens (tertiary/aromatic N) is 1. The largest absolute Gasteiger partial charge is 0.363 e. The summed E-state index contributed by atoms with van der Waals surface area (Å²) >= 11 is 0. The van der Waals surface area contributed by atoms with Gasteiger partial charge in [-0.3, -0.25) is 0 Å². The fourth-order valence-corrected chi connectivity index (χ4v) is 0.461. The zero-order valence-corrected chi connectivity index (χ0v) is 5.61. The molecule has 0 unspecified atom stereocenters. The van der Waals surface area contributed by atoms with Gasteiger partial charge in [0, 0.05) is 0 Å². The lowest BCUT2D eigenvalue weighted by atomic mass is 10.3. The Morgan fingerprint density at radius 3 is 2.30 bits per heavy atom. The molecule has 58 valence electrons. The van der Waals surface area contributed by atoms with Gasteiger partial charge in [-0.05, 0) is 6.42 Å². The summed E-state index contributed by atoms with van der Waals surface area (Å²) in [6, 6.07) is -0.912. The zero-order chi connectivity index (χ0) is 8.15. The number of aliphatic imine (C=N–C) groups is 1. The van der Waals surface area contributed by atoms with Crippen LogP contribution in [0.5, 0.6) is 0 Å². The molecule has 0 aromatic heterocycles. The fourth-order valence-electron chi connectivity index (χ4n) is 0.461. The minimum atomic E-state index is -1.68. The zero-order valence-electron chi connectivity index (χ0n) is 5.61. The minimum absolute atomic E-state index is 0.0208. The Hall–Kier alpha value is -0.940. The first-order valence-electron chi connectivity index (χ1n) is 2.81. The van der Waals surface area contributed by atoms with Crippen LogP contribution in [-0.2, 0) is 0 Å². The van der Waals surface area contributed by atoms with Crippen LogP contribution < -0.4 is 5.73 Å². The van der Waals surface area contributed by atoms with E-state index < -0.39 is 12.3 Å². The van der Waals surface area contributed by atoms with Crippen LogP contribution in [0.3, 0.4) is 0 Å². The van der Waals surface area contributed by atoms with Crippen LogP contribution in [0.25, 0.3) is 0 Å². The molecular weight excluding hydrogens is 136 g/mol. The molecule has 0 saturated carbocycles. The molecule has 0 atom stereocenters. The molecule has 0 aliphatic heterocycles. The molecule has 0 heterocycles. The van der Waals surface area contributed by atoms with Crippen LogP contribution in [0.4, 0.5) is 4.79 Å². The van der Waals surface area contributed by atoms with Gasteiger partial charge in [0.2, 0.25) is 0 Å². The molecule has 5 heteroatoms. The minimum Gasteiger partial charge on any atom is -0.363 e. The molecule has 0 rings (SSSR count). The SMILES string of the molecule is CCC(=NC(N)=O)C(O)O. The van der Waals surface area contributed by atoms with Gasteiger partial charge in [-0.15, -0.1) is 0 Å². The number of aliphatic hydroxyl groups is 2. The number of rotatable bonds is 2. The molecule has 5 nitrogen and oxygen atoms in total. The number of urea groups is 1. The molecule has 0 radical (unpaired) electrons. The summed E-state index contributed by atoms with van der Waals surface area (Å²) in [5.74, 6) is 0. The van der Waals surface area contributed by atoms with E-state index in [1.807, 2.05) is 0 Å². The molecule has 0 aromatic rings. The highest BCUT2D eigenvalue weighted by Gasteiger charge is 2.06. The van der Waals surface area contributed by atoms with E-state index >= 15 is 0 Å². The van der Waals surface area contributed by atoms with E-state index in [9.17, 15) is 4.79 Å². The summed E-state index contributed by atoms with van der Waals surface area (Å²) in [6.07, 6.45) is -1.39. The highest BCUT2D eigenvalue weighted by Crippen LogP contribution is 1.90.